The fourth-order valence-corrected chi connectivity index (χ4v) is 5.60. The lowest BCUT2D eigenvalue weighted by atomic mass is 9.71. The van der Waals surface area contributed by atoms with Crippen molar-refractivity contribution in [1.29, 1.82) is 0 Å². The smallest absolute Gasteiger partial charge is 0.229 e. The summed E-state index contributed by atoms with van der Waals surface area (Å²) in [5.41, 5.74) is 1.19. The topological polar surface area (TPSA) is 52.6 Å². The SMILES string of the molecule is Cc1nc(N(C)C)cc(C2(C)CCCN(C(=O)C3(Cc4cccc(F)c4)CCN(C)CC3)C2)n1. The molecule has 1 aromatic carbocycles. The number of hydrogen-bond acceptors (Lipinski definition) is 5. The molecule has 2 aliphatic heterocycles. The van der Waals surface area contributed by atoms with E-state index in [1.165, 1.54) is 6.07 Å². The quantitative estimate of drug-likeness (QED) is 0.669. The molecule has 184 valence electrons. The van der Waals surface area contributed by atoms with Crippen molar-refractivity contribution >= 4 is 11.7 Å². The molecule has 7 heteroatoms. The summed E-state index contributed by atoms with van der Waals surface area (Å²) in [7, 11) is 6.08. The first-order chi connectivity index (χ1) is 16.1. The van der Waals surface area contributed by atoms with Gasteiger partial charge in [0.25, 0.3) is 0 Å². The Morgan fingerprint density at radius 2 is 1.85 bits per heavy atom. The zero-order valence-corrected chi connectivity index (χ0v) is 21.3. The van der Waals surface area contributed by atoms with Crippen LogP contribution in [0.4, 0.5) is 10.2 Å². The highest BCUT2D eigenvalue weighted by Gasteiger charge is 2.46. The van der Waals surface area contributed by atoms with E-state index >= 15 is 0 Å². The second-order valence-electron chi connectivity index (χ2n) is 10.8. The van der Waals surface area contributed by atoms with Gasteiger partial charge in [-0.1, -0.05) is 19.1 Å². The summed E-state index contributed by atoms with van der Waals surface area (Å²) in [5, 5.41) is 0. The third-order valence-electron chi connectivity index (χ3n) is 7.71. The van der Waals surface area contributed by atoms with Crippen molar-refractivity contribution in [2.24, 2.45) is 5.41 Å². The van der Waals surface area contributed by atoms with E-state index in [2.05, 4.69) is 34.8 Å². The number of halogens is 1. The number of nitrogens with zero attached hydrogens (tertiary/aromatic N) is 5. The zero-order chi connectivity index (χ0) is 24.5. The molecule has 0 aliphatic carbocycles. The van der Waals surface area contributed by atoms with Crippen LogP contribution < -0.4 is 4.90 Å². The zero-order valence-electron chi connectivity index (χ0n) is 21.3. The van der Waals surface area contributed by atoms with Crippen LogP contribution in [0.3, 0.4) is 0 Å². The molecule has 2 fully saturated rings. The van der Waals surface area contributed by atoms with Crippen molar-refractivity contribution in [2.45, 2.75) is 51.4 Å². The second-order valence-corrected chi connectivity index (χ2v) is 10.8. The Morgan fingerprint density at radius 1 is 1.12 bits per heavy atom. The van der Waals surface area contributed by atoms with Crippen LogP contribution >= 0.6 is 0 Å². The van der Waals surface area contributed by atoms with Gasteiger partial charge in [-0.3, -0.25) is 4.79 Å². The highest BCUT2D eigenvalue weighted by atomic mass is 19.1. The Hall–Kier alpha value is -2.54. The average Bonchev–Trinajstić information content (AvgIpc) is 2.80. The fourth-order valence-electron chi connectivity index (χ4n) is 5.60. The minimum absolute atomic E-state index is 0.217. The first-order valence-corrected chi connectivity index (χ1v) is 12.4. The molecule has 2 aliphatic rings. The maximum Gasteiger partial charge on any atom is 0.229 e. The molecule has 0 N–H and O–H groups in total. The second kappa shape index (κ2) is 9.61. The van der Waals surface area contributed by atoms with Gasteiger partial charge in [0.05, 0.1) is 11.1 Å². The third-order valence-corrected chi connectivity index (χ3v) is 7.71. The van der Waals surface area contributed by atoms with E-state index in [-0.39, 0.29) is 17.1 Å². The van der Waals surface area contributed by atoms with Crippen LogP contribution in [0.5, 0.6) is 0 Å². The van der Waals surface area contributed by atoms with Crippen LogP contribution in [-0.2, 0) is 16.6 Å². The van der Waals surface area contributed by atoms with Crippen molar-refractivity contribution < 1.29 is 9.18 Å². The number of benzene rings is 1. The van der Waals surface area contributed by atoms with E-state index in [9.17, 15) is 9.18 Å². The Kier molecular flexibility index (Phi) is 6.94. The largest absolute Gasteiger partial charge is 0.363 e. The molecule has 1 atom stereocenters. The summed E-state index contributed by atoms with van der Waals surface area (Å²) in [6, 6.07) is 8.81. The molecule has 34 heavy (non-hydrogen) atoms. The van der Waals surface area contributed by atoms with E-state index in [1.807, 2.05) is 32.0 Å². The van der Waals surface area contributed by atoms with Gasteiger partial charge in [0, 0.05) is 38.7 Å². The number of carbonyl (C=O) groups is 1. The number of piperidine rings is 2. The summed E-state index contributed by atoms with van der Waals surface area (Å²) in [6.45, 7) is 7.32. The number of aromatic nitrogens is 2. The molecule has 6 nitrogen and oxygen atoms in total. The molecule has 1 unspecified atom stereocenters. The van der Waals surface area contributed by atoms with Gasteiger partial charge in [-0.15, -0.1) is 0 Å². The molecule has 0 spiro atoms. The Balaban J connectivity index is 1.62. The van der Waals surface area contributed by atoms with E-state index in [0.717, 1.165) is 68.2 Å². The number of aryl methyl sites for hydroxylation is 1. The molecule has 0 radical (unpaired) electrons. The molecule has 1 aromatic heterocycles. The van der Waals surface area contributed by atoms with Crippen LogP contribution in [-0.4, -0.2) is 73.0 Å². The number of carbonyl (C=O) groups excluding carboxylic acids is 1. The van der Waals surface area contributed by atoms with Crippen molar-refractivity contribution in [3.05, 3.63) is 53.2 Å². The van der Waals surface area contributed by atoms with Gasteiger partial charge in [-0.25, -0.2) is 14.4 Å². The predicted molar refractivity (Wildman–Crippen MR) is 134 cm³/mol. The van der Waals surface area contributed by atoms with Gasteiger partial charge in [0.2, 0.25) is 5.91 Å². The summed E-state index contributed by atoms with van der Waals surface area (Å²) >= 11 is 0. The molecule has 2 saturated heterocycles. The van der Waals surface area contributed by atoms with Crippen LogP contribution in [0.2, 0.25) is 0 Å². The molecule has 1 amide bonds. The first-order valence-electron chi connectivity index (χ1n) is 12.4. The molecule has 3 heterocycles. The highest BCUT2D eigenvalue weighted by molar-refractivity contribution is 5.83. The van der Waals surface area contributed by atoms with Gasteiger partial charge < -0.3 is 14.7 Å². The van der Waals surface area contributed by atoms with Crippen LogP contribution in [0, 0.1) is 18.2 Å². The number of rotatable bonds is 5. The predicted octanol–water partition coefficient (Wildman–Crippen LogP) is 3.82. The number of hydrogen-bond donors (Lipinski definition) is 0. The molecule has 0 saturated carbocycles. The van der Waals surface area contributed by atoms with Crippen molar-refractivity contribution in [2.75, 3.05) is 52.2 Å². The number of anilines is 1. The summed E-state index contributed by atoms with van der Waals surface area (Å²) in [5.74, 6) is 1.62. The maximum absolute atomic E-state index is 14.2. The summed E-state index contributed by atoms with van der Waals surface area (Å²) in [4.78, 5) is 29.9. The van der Waals surface area contributed by atoms with Gasteiger partial charge >= 0.3 is 0 Å². The summed E-state index contributed by atoms with van der Waals surface area (Å²) < 4.78 is 14.0. The van der Waals surface area contributed by atoms with Gasteiger partial charge in [-0.2, -0.15) is 0 Å². The van der Waals surface area contributed by atoms with Gasteiger partial charge in [-0.05, 0) is 76.9 Å². The lowest BCUT2D eigenvalue weighted by Gasteiger charge is -2.47. The van der Waals surface area contributed by atoms with E-state index in [0.29, 0.717) is 13.0 Å². The molecule has 0 bridgehead atoms. The van der Waals surface area contributed by atoms with Gasteiger partial charge in [0.15, 0.2) is 0 Å². The van der Waals surface area contributed by atoms with Crippen molar-refractivity contribution in [3.8, 4) is 0 Å². The van der Waals surface area contributed by atoms with Crippen LogP contribution in [0.25, 0.3) is 0 Å². The number of amides is 1. The van der Waals surface area contributed by atoms with E-state index < -0.39 is 5.41 Å². The average molecular weight is 468 g/mol. The summed E-state index contributed by atoms with van der Waals surface area (Å²) in [6.07, 6.45) is 4.10. The lowest BCUT2D eigenvalue weighted by Crippen LogP contribution is -2.55. The lowest BCUT2D eigenvalue weighted by molar-refractivity contribution is -0.147. The molecular weight excluding hydrogens is 429 g/mol. The molecule has 4 rings (SSSR count). The van der Waals surface area contributed by atoms with Crippen molar-refractivity contribution in [1.82, 2.24) is 19.8 Å². The first kappa shape index (κ1) is 24.6. The van der Waals surface area contributed by atoms with E-state index in [4.69, 9.17) is 4.98 Å². The standard InChI is InChI=1S/C27H38FN5O/c1-20-29-23(17-24(30-20)31(3)4)26(2)10-7-13-33(19-26)25(34)27(11-14-32(5)15-12-27)18-21-8-6-9-22(28)16-21/h6,8-9,16-17H,7,10-15,18-19H2,1-5H3. The fraction of sp³-hybridized carbons (Fsp3) is 0.593. The molecular formula is C27H38FN5O. The Morgan fingerprint density at radius 3 is 2.53 bits per heavy atom. The minimum Gasteiger partial charge on any atom is -0.363 e. The normalized spacial score (nSPS) is 23.1. The van der Waals surface area contributed by atoms with Crippen molar-refractivity contribution in [3.63, 3.8) is 0 Å². The third kappa shape index (κ3) is 5.09. The minimum atomic E-state index is -0.491. The monoisotopic (exact) mass is 467 g/mol. The maximum atomic E-state index is 14.2. The molecule has 2 aromatic rings. The Bertz CT molecular complexity index is 1030. The van der Waals surface area contributed by atoms with Crippen LogP contribution in [0.1, 0.15) is 49.7 Å². The number of likely N-dealkylation sites (tertiary alicyclic amines) is 2. The van der Waals surface area contributed by atoms with Crippen LogP contribution in [0.15, 0.2) is 30.3 Å². The van der Waals surface area contributed by atoms with Gasteiger partial charge in [0.1, 0.15) is 17.5 Å². The Labute approximate surface area is 203 Å². The van der Waals surface area contributed by atoms with E-state index in [1.54, 1.807) is 12.1 Å². The highest BCUT2D eigenvalue weighted by Crippen LogP contribution is 2.40.